The van der Waals surface area contributed by atoms with Gasteiger partial charge in [0.2, 0.25) is 0 Å². The van der Waals surface area contributed by atoms with Gasteiger partial charge in [-0.25, -0.2) is 0 Å². The molecule has 17 heavy (non-hydrogen) atoms. The van der Waals surface area contributed by atoms with Crippen molar-refractivity contribution in [3.63, 3.8) is 0 Å². The molecule has 0 aliphatic heterocycles. The van der Waals surface area contributed by atoms with E-state index >= 15 is 0 Å². The van der Waals surface area contributed by atoms with Crippen LogP contribution < -0.4 is 4.74 Å². The summed E-state index contributed by atoms with van der Waals surface area (Å²) in [4.78, 5) is 10.1. The summed E-state index contributed by atoms with van der Waals surface area (Å²) < 4.78 is 5.69. The van der Waals surface area contributed by atoms with E-state index in [1.165, 1.54) is 12.1 Å². The molecule has 0 fully saturated rings. The molecule has 5 heteroatoms. The molecule has 1 aromatic rings. The highest BCUT2D eigenvalue weighted by Gasteiger charge is 2.13. The number of rotatable bonds is 6. The molecule has 0 aliphatic carbocycles. The van der Waals surface area contributed by atoms with Gasteiger partial charge >= 0.3 is 0 Å². The average molecular weight is 239 g/mol. The van der Waals surface area contributed by atoms with E-state index in [0.29, 0.717) is 11.3 Å². The number of hydrogen-bond acceptors (Lipinski definition) is 4. The molecule has 0 bridgehead atoms. The van der Waals surface area contributed by atoms with Crippen molar-refractivity contribution in [2.45, 2.75) is 39.4 Å². The SMILES string of the molecule is CCC(CC)Oc1ccc([N+](=O)[O-])cc1CO. The topological polar surface area (TPSA) is 72.6 Å². The summed E-state index contributed by atoms with van der Waals surface area (Å²) in [5.41, 5.74) is 0.414. The summed E-state index contributed by atoms with van der Waals surface area (Å²) in [5, 5.41) is 19.8. The lowest BCUT2D eigenvalue weighted by molar-refractivity contribution is -0.385. The molecule has 0 atom stereocenters. The van der Waals surface area contributed by atoms with Crippen LogP contribution in [0, 0.1) is 10.1 Å². The first kappa shape index (κ1) is 13.4. The van der Waals surface area contributed by atoms with E-state index in [2.05, 4.69) is 0 Å². The van der Waals surface area contributed by atoms with Gasteiger partial charge in [0.25, 0.3) is 5.69 Å². The van der Waals surface area contributed by atoms with Gasteiger partial charge in [0, 0.05) is 17.7 Å². The van der Waals surface area contributed by atoms with Gasteiger partial charge in [-0.2, -0.15) is 0 Å². The fraction of sp³-hybridized carbons (Fsp3) is 0.500. The normalized spacial score (nSPS) is 10.6. The first-order valence-electron chi connectivity index (χ1n) is 5.67. The van der Waals surface area contributed by atoms with E-state index in [-0.39, 0.29) is 18.4 Å². The lowest BCUT2D eigenvalue weighted by Crippen LogP contribution is -2.14. The van der Waals surface area contributed by atoms with Crippen LogP contribution in [0.5, 0.6) is 5.75 Å². The second-order valence-electron chi connectivity index (χ2n) is 3.76. The van der Waals surface area contributed by atoms with Crippen LogP contribution in [0.3, 0.4) is 0 Å². The Balaban J connectivity index is 2.96. The number of nitro groups is 1. The Bertz CT molecular complexity index is 388. The van der Waals surface area contributed by atoms with Gasteiger partial charge in [-0.05, 0) is 18.9 Å². The lowest BCUT2D eigenvalue weighted by atomic mass is 10.1. The Kier molecular flexibility index (Phi) is 4.90. The van der Waals surface area contributed by atoms with Gasteiger partial charge in [0.1, 0.15) is 5.75 Å². The van der Waals surface area contributed by atoms with Crippen molar-refractivity contribution in [1.29, 1.82) is 0 Å². The van der Waals surface area contributed by atoms with Crippen molar-refractivity contribution in [3.8, 4) is 5.75 Å². The van der Waals surface area contributed by atoms with E-state index in [0.717, 1.165) is 12.8 Å². The van der Waals surface area contributed by atoms with Crippen molar-refractivity contribution in [2.24, 2.45) is 0 Å². The van der Waals surface area contributed by atoms with Crippen molar-refractivity contribution >= 4 is 5.69 Å². The van der Waals surface area contributed by atoms with Crippen LogP contribution in [-0.4, -0.2) is 16.1 Å². The second-order valence-corrected chi connectivity index (χ2v) is 3.76. The van der Waals surface area contributed by atoms with Gasteiger partial charge in [0.15, 0.2) is 0 Å². The van der Waals surface area contributed by atoms with Crippen LogP contribution >= 0.6 is 0 Å². The molecule has 0 heterocycles. The first-order chi connectivity index (χ1) is 8.12. The number of ether oxygens (including phenoxy) is 1. The molecule has 0 aliphatic rings. The van der Waals surface area contributed by atoms with Gasteiger partial charge in [-0.1, -0.05) is 13.8 Å². The molecule has 0 aromatic heterocycles. The molecular weight excluding hydrogens is 222 g/mol. The van der Waals surface area contributed by atoms with Gasteiger partial charge in [-0.3, -0.25) is 10.1 Å². The zero-order valence-electron chi connectivity index (χ0n) is 10.0. The Morgan fingerprint density at radius 3 is 2.53 bits per heavy atom. The monoisotopic (exact) mass is 239 g/mol. The molecule has 0 radical (unpaired) electrons. The Morgan fingerprint density at radius 1 is 1.41 bits per heavy atom. The molecule has 1 aromatic carbocycles. The standard InChI is InChI=1S/C12H17NO4/c1-3-11(4-2)17-12-6-5-10(13(15)16)7-9(12)8-14/h5-7,11,14H,3-4,8H2,1-2H3. The summed E-state index contributed by atoms with van der Waals surface area (Å²) in [6.07, 6.45) is 1.79. The number of non-ortho nitro benzene ring substituents is 1. The number of nitro benzene ring substituents is 1. The molecule has 0 unspecified atom stereocenters. The third-order valence-electron chi connectivity index (χ3n) is 2.63. The minimum absolute atomic E-state index is 0.0362. The highest BCUT2D eigenvalue weighted by atomic mass is 16.6. The number of benzene rings is 1. The fourth-order valence-corrected chi connectivity index (χ4v) is 1.55. The molecule has 1 N–H and O–H groups in total. The predicted molar refractivity (Wildman–Crippen MR) is 64.0 cm³/mol. The highest BCUT2D eigenvalue weighted by molar-refractivity contribution is 5.43. The number of hydrogen-bond donors (Lipinski definition) is 1. The minimum Gasteiger partial charge on any atom is -0.490 e. The first-order valence-corrected chi connectivity index (χ1v) is 5.67. The Hall–Kier alpha value is -1.62. The molecule has 94 valence electrons. The average Bonchev–Trinajstić information content (AvgIpc) is 2.35. The van der Waals surface area contributed by atoms with Gasteiger partial charge in [0.05, 0.1) is 17.6 Å². The minimum atomic E-state index is -0.486. The Labute approximate surface area is 100 Å². The largest absolute Gasteiger partial charge is 0.490 e. The molecule has 5 nitrogen and oxygen atoms in total. The molecule has 0 amide bonds. The van der Waals surface area contributed by atoms with E-state index in [1.807, 2.05) is 13.8 Å². The summed E-state index contributed by atoms with van der Waals surface area (Å²) in [6.45, 7) is 3.76. The van der Waals surface area contributed by atoms with Crippen LogP contribution in [-0.2, 0) is 6.61 Å². The molecule has 0 spiro atoms. The van der Waals surface area contributed by atoms with Crippen LogP contribution in [0.4, 0.5) is 5.69 Å². The summed E-state index contributed by atoms with van der Waals surface area (Å²) in [5.74, 6) is 0.520. The third kappa shape index (κ3) is 3.42. The van der Waals surface area contributed by atoms with Gasteiger partial charge in [-0.15, -0.1) is 0 Å². The molecule has 0 saturated heterocycles. The maximum absolute atomic E-state index is 10.6. The second kappa shape index (κ2) is 6.20. The molecule has 1 rings (SSSR count). The fourth-order valence-electron chi connectivity index (χ4n) is 1.55. The van der Waals surface area contributed by atoms with Crippen molar-refractivity contribution in [1.82, 2.24) is 0 Å². The zero-order chi connectivity index (χ0) is 12.8. The Morgan fingerprint density at radius 2 is 2.06 bits per heavy atom. The molecule has 0 saturated carbocycles. The lowest BCUT2D eigenvalue weighted by Gasteiger charge is -2.17. The van der Waals surface area contributed by atoms with Crippen molar-refractivity contribution < 1.29 is 14.8 Å². The maximum Gasteiger partial charge on any atom is 0.270 e. The summed E-state index contributed by atoms with van der Waals surface area (Å²) >= 11 is 0. The number of aliphatic hydroxyl groups excluding tert-OH is 1. The van der Waals surface area contributed by atoms with Crippen LogP contribution in [0.1, 0.15) is 32.3 Å². The van der Waals surface area contributed by atoms with E-state index in [4.69, 9.17) is 4.74 Å². The quantitative estimate of drug-likeness (QED) is 0.611. The third-order valence-corrected chi connectivity index (χ3v) is 2.63. The zero-order valence-corrected chi connectivity index (χ0v) is 10.0. The van der Waals surface area contributed by atoms with E-state index < -0.39 is 4.92 Å². The van der Waals surface area contributed by atoms with E-state index in [1.54, 1.807) is 6.07 Å². The number of nitrogens with zero attached hydrogens (tertiary/aromatic N) is 1. The maximum atomic E-state index is 10.6. The van der Waals surface area contributed by atoms with Crippen LogP contribution in [0.15, 0.2) is 18.2 Å². The predicted octanol–water partition coefficient (Wildman–Crippen LogP) is 2.65. The summed E-state index contributed by atoms with van der Waals surface area (Å²) in [7, 11) is 0. The van der Waals surface area contributed by atoms with Crippen molar-refractivity contribution in [2.75, 3.05) is 0 Å². The van der Waals surface area contributed by atoms with Crippen LogP contribution in [0.2, 0.25) is 0 Å². The van der Waals surface area contributed by atoms with E-state index in [9.17, 15) is 15.2 Å². The smallest absolute Gasteiger partial charge is 0.270 e. The van der Waals surface area contributed by atoms with Gasteiger partial charge < -0.3 is 9.84 Å². The van der Waals surface area contributed by atoms with Crippen LogP contribution in [0.25, 0.3) is 0 Å². The molecular formula is C12H17NO4. The van der Waals surface area contributed by atoms with Crippen molar-refractivity contribution in [3.05, 3.63) is 33.9 Å². The summed E-state index contributed by atoms with van der Waals surface area (Å²) in [6, 6.07) is 4.27. The number of aliphatic hydroxyl groups is 1. The highest BCUT2D eigenvalue weighted by Crippen LogP contribution is 2.26.